The molecule has 1 unspecified atom stereocenters. The summed E-state index contributed by atoms with van der Waals surface area (Å²) in [6.07, 6.45) is 7.65. The number of halogens is 1. The van der Waals surface area contributed by atoms with E-state index in [9.17, 15) is 14.0 Å². The summed E-state index contributed by atoms with van der Waals surface area (Å²) in [7, 11) is 0. The SMILES string of the molecule is CCCCCCCCC(C)OC(=O)CCC(=O)Oc1ccccc1F. The highest BCUT2D eigenvalue weighted by Gasteiger charge is 2.14. The second-order valence-electron chi connectivity index (χ2n) is 6.26. The number of rotatable bonds is 12. The lowest BCUT2D eigenvalue weighted by molar-refractivity contribution is -0.151. The molecule has 0 aliphatic heterocycles. The zero-order valence-corrected chi connectivity index (χ0v) is 15.3. The Morgan fingerprint density at radius 3 is 2.36 bits per heavy atom. The molecule has 0 saturated carbocycles. The summed E-state index contributed by atoms with van der Waals surface area (Å²) < 4.78 is 23.5. The van der Waals surface area contributed by atoms with Gasteiger partial charge in [0.05, 0.1) is 18.9 Å². The van der Waals surface area contributed by atoms with E-state index in [0.717, 1.165) is 19.3 Å². The largest absolute Gasteiger partial charge is 0.463 e. The van der Waals surface area contributed by atoms with Crippen molar-refractivity contribution in [3.8, 4) is 5.75 Å². The van der Waals surface area contributed by atoms with Crippen molar-refractivity contribution in [2.24, 2.45) is 0 Å². The van der Waals surface area contributed by atoms with E-state index in [4.69, 9.17) is 9.47 Å². The average Bonchev–Trinajstić information content (AvgIpc) is 2.58. The van der Waals surface area contributed by atoms with Gasteiger partial charge >= 0.3 is 11.9 Å². The molecule has 0 spiro atoms. The van der Waals surface area contributed by atoms with Gasteiger partial charge in [0.15, 0.2) is 11.6 Å². The van der Waals surface area contributed by atoms with Crippen molar-refractivity contribution in [3.05, 3.63) is 30.1 Å². The second-order valence-corrected chi connectivity index (χ2v) is 6.26. The van der Waals surface area contributed by atoms with E-state index in [1.807, 2.05) is 6.92 Å². The monoisotopic (exact) mass is 352 g/mol. The van der Waals surface area contributed by atoms with Crippen molar-refractivity contribution in [3.63, 3.8) is 0 Å². The van der Waals surface area contributed by atoms with Gasteiger partial charge in [-0.25, -0.2) is 4.39 Å². The number of esters is 2. The predicted octanol–water partition coefficient (Wildman–Crippen LogP) is 5.19. The molecule has 0 radical (unpaired) electrons. The Morgan fingerprint density at radius 2 is 1.64 bits per heavy atom. The van der Waals surface area contributed by atoms with E-state index in [1.165, 1.54) is 43.9 Å². The fourth-order valence-corrected chi connectivity index (χ4v) is 2.46. The van der Waals surface area contributed by atoms with E-state index in [2.05, 4.69) is 6.92 Å². The number of carbonyl (C=O) groups excluding carboxylic acids is 2. The van der Waals surface area contributed by atoms with Crippen LogP contribution in [0.1, 0.15) is 71.6 Å². The molecule has 4 nitrogen and oxygen atoms in total. The second kappa shape index (κ2) is 12.5. The quantitative estimate of drug-likeness (QED) is 0.295. The normalized spacial score (nSPS) is 11.8. The fraction of sp³-hybridized carbons (Fsp3) is 0.600. The first kappa shape index (κ1) is 21.1. The van der Waals surface area contributed by atoms with Crippen LogP contribution in [0.3, 0.4) is 0 Å². The predicted molar refractivity (Wildman–Crippen MR) is 94.8 cm³/mol. The van der Waals surface area contributed by atoms with Crippen molar-refractivity contribution >= 4 is 11.9 Å². The number of para-hydroxylation sites is 1. The van der Waals surface area contributed by atoms with E-state index in [-0.39, 0.29) is 24.7 Å². The van der Waals surface area contributed by atoms with Gasteiger partial charge in [0.2, 0.25) is 0 Å². The maximum Gasteiger partial charge on any atom is 0.311 e. The summed E-state index contributed by atoms with van der Waals surface area (Å²) in [4.78, 5) is 23.4. The number of hydrogen-bond acceptors (Lipinski definition) is 4. The van der Waals surface area contributed by atoms with Crippen LogP contribution >= 0.6 is 0 Å². The topological polar surface area (TPSA) is 52.6 Å². The third-order valence-electron chi connectivity index (χ3n) is 3.89. The molecule has 0 fully saturated rings. The van der Waals surface area contributed by atoms with Crippen LogP contribution in [0, 0.1) is 5.82 Å². The Morgan fingerprint density at radius 1 is 1.00 bits per heavy atom. The summed E-state index contributed by atoms with van der Waals surface area (Å²) >= 11 is 0. The molecular formula is C20H29FO4. The van der Waals surface area contributed by atoms with Gasteiger partial charge in [-0.1, -0.05) is 51.2 Å². The van der Waals surface area contributed by atoms with Gasteiger partial charge in [0.25, 0.3) is 0 Å². The molecule has 1 aromatic carbocycles. The number of carbonyl (C=O) groups is 2. The maximum atomic E-state index is 13.4. The van der Waals surface area contributed by atoms with Crippen LogP contribution in [0.15, 0.2) is 24.3 Å². The lowest BCUT2D eigenvalue weighted by Gasteiger charge is -2.13. The maximum absolute atomic E-state index is 13.4. The van der Waals surface area contributed by atoms with Crippen LogP contribution in [0.4, 0.5) is 4.39 Å². The summed E-state index contributed by atoms with van der Waals surface area (Å²) in [5.74, 6) is -1.81. The lowest BCUT2D eigenvalue weighted by Crippen LogP contribution is -2.17. The van der Waals surface area contributed by atoms with Crippen LogP contribution < -0.4 is 4.74 Å². The highest BCUT2D eigenvalue weighted by molar-refractivity contribution is 5.79. The highest BCUT2D eigenvalue weighted by Crippen LogP contribution is 2.16. The summed E-state index contributed by atoms with van der Waals surface area (Å²) in [5.41, 5.74) is 0. The van der Waals surface area contributed by atoms with Gasteiger partial charge in [-0.2, -0.15) is 0 Å². The standard InChI is InChI=1S/C20H29FO4/c1-3-4-5-6-7-8-11-16(2)24-19(22)14-15-20(23)25-18-13-10-9-12-17(18)21/h9-10,12-13,16H,3-8,11,14-15H2,1-2H3. The molecule has 5 heteroatoms. The van der Waals surface area contributed by atoms with E-state index in [0.29, 0.717) is 0 Å². The third kappa shape index (κ3) is 9.85. The molecule has 0 amide bonds. The van der Waals surface area contributed by atoms with Crippen molar-refractivity contribution in [2.75, 3.05) is 0 Å². The van der Waals surface area contributed by atoms with Gasteiger partial charge in [0, 0.05) is 0 Å². The Bertz CT molecular complexity index is 530. The minimum Gasteiger partial charge on any atom is -0.463 e. The van der Waals surface area contributed by atoms with E-state index < -0.39 is 17.8 Å². The van der Waals surface area contributed by atoms with Crippen molar-refractivity contribution in [2.45, 2.75) is 77.7 Å². The fourth-order valence-electron chi connectivity index (χ4n) is 2.46. The van der Waals surface area contributed by atoms with Crippen LogP contribution in [0.25, 0.3) is 0 Å². The summed E-state index contributed by atoms with van der Waals surface area (Å²) in [6, 6.07) is 5.66. The Labute approximate surface area is 149 Å². The van der Waals surface area contributed by atoms with Gasteiger partial charge in [-0.05, 0) is 31.9 Å². The van der Waals surface area contributed by atoms with Crippen molar-refractivity contribution in [1.82, 2.24) is 0 Å². The highest BCUT2D eigenvalue weighted by atomic mass is 19.1. The summed E-state index contributed by atoms with van der Waals surface area (Å²) in [5, 5.41) is 0. The first-order valence-electron chi connectivity index (χ1n) is 9.17. The molecule has 0 aliphatic carbocycles. The van der Waals surface area contributed by atoms with Crippen LogP contribution in [-0.2, 0) is 14.3 Å². The molecular weight excluding hydrogens is 323 g/mol. The minimum absolute atomic E-state index is 0.0614. The number of hydrogen-bond donors (Lipinski definition) is 0. The first-order valence-corrected chi connectivity index (χ1v) is 9.17. The van der Waals surface area contributed by atoms with Crippen molar-refractivity contribution < 1.29 is 23.5 Å². The van der Waals surface area contributed by atoms with Crippen LogP contribution in [-0.4, -0.2) is 18.0 Å². The van der Waals surface area contributed by atoms with E-state index >= 15 is 0 Å². The molecule has 140 valence electrons. The van der Waals surface area contributed by atoms with Gasteiger partial charge in [0.1, 0.15) is 0 Å². The molecule has 1 rings (SSSR count). The van der Waals surface area contributed by atoms with Crippen LogP contribution in [0.2, 0.25) is 0 Å². The molecule has 0 heterocycles. The number of benzene rings is 1. The zero-order valence-electron chi connectivity index (χ0n) is 15.3. The molecule has 0 saturated heterocycles. The smallest absolute Gasteiger partial charge is 0.311 e. The minimum atomic E-state index is -0.648. The van der Waals surface area contributed by atoms with Crippen LogP contribution in [0.5, 0.6) is 5.75 Å². The van der Waals surface area contributed by atoms with Gasteiger partial charge < -0.3 is 9.47 Å². The number of unbranched alkanes of at least 4 members (excludes halogenated alkanes) is 5. The van der Waals surface area contributed by atoms with E-state index in [1.54, 1.807) is 6.07 Å². The Balaban J connectivity index is 2.15. The van der Waals surface area contributed by atoms with Gasteiger partial charge in [-0.15, -0.1) is 0 Å². The Kier molecular flexibility index (Phi) is 10.5. The first-order chi connectivity index (χ1) is 12.0. The average molecular weight is 352 g/mol. The molecule has 1 atom stereocenters. The van der Waals surface area contributed by atoms with Crippen molar-refractivity contribution in [1.29, 1.82) is 0 Å². The molecule has 0 aliphatic rings. The zero-order chi connectivity index (χ0) is 18.5. The third-order valence-corrected chi connectivity index (χ3v) is 3.89. The Hall–Kier alpha value is -1.91. The molecule has 25 heavy (non-hydrogen) atoms. The molecule has 0 aromatic heterocycles. The van der Waals surface area contributed by atoms with Gasteiger partial charge in [-0.3, -0.25) is 9.59 Å². The molecule has 1 aromatic rings. The molecule has 0 N–H and O–H groups in total. The molecule has 0 bridgehead atoms. The lowest BCUT2D eigenvalue weighted by atomic mass is 10.1. The number of ether oxygens (including phenoxy) is 2. The summed E-state index contributed by atoms with van der Waals surface area (Å²) in [6.45, 7) is 4.05.